The maximum Gasteiger partial charge on any atom is 0.302 e. The third kappa shape index (κ3) is 5.71. The van der Waals surface area contributed by atoms with Crippen molar-refractivity contribution in [2.24, 2.45) is 0 Å². The number of hydrogen-bond donors (Lipinski definition) is 0. The van der Waals surface area contributed by atoms with Gasteiger partial charge in [0.2, 0.25) is 11.5 Å². The summed E-state index contributed by atoms with van der Waals surface area (Å²) < 4.78 is 27.6. The summed E-state index contributed by atoms with van der Waals surface area (Å²) in [5.41, 5.74) is 2.42. The first-order valence-corrected chi connectivity index (χ1v) is 10.6. The molecule has 2 rings (SSSR count). The van der Waals surface area contributed by atoms with Crippen molar-refractivity contribution in [1.82, 2.24) is 0 Å². The number of hydrogen-bond acceptors (Lipinski definition) is 6. The number of rotatable bonds is 13. The molecule has 0 aliphatic heterocycles. The first-order chi connectivity index (χ1) is 14.1. The lowest BCUT2D eigenvalue weighted by atomic mass is 9.93. The van der Waals surface area contributed by atoms with Gasteiger partial charge in [-0.3, -0.25) is 4.79 Å². The highest BCUT2D eigenvalue weighted by Gasteiger charge is 2.35. The van der Waals surface area contributed by atoms with Crippen LogP contribution in [0.3, 0.4) is 0 Å². The second kappa shape index (κ2) is 11.8. The lowest BCUT2D eigenvalue weighted by Gasteiger charge is -2.22. The number of ether oxygens (including phenoxy) is 5. The van der Waals surface area contributed by atoms with Crippen molar-refractivity contribution < 1.29 is 28.5 Å². The van der Waals surface area contributed by atoms with E-state index >= 15 is 0 Å². The Labute approximate surface area is 174 Å². The summed E-state index contributed by atoms with van der Waals surface area (Å²) >= 11 is 0. The van der Waals surface area contributed by atoms with Crippen LogP contribution in [0.1, 0.15) is 75.3 Å². The summed E-state index contributed by atoms with van der Waals surface area (Å²) in [7, 11) is 6.64. The molecule has 1 aliphatic carbocycles. The van der Waals surface area contributed by atoms with E-state index in [1.807, 2.05) is 0 Å². The van der Waals surface area contributed by atoms with E-state index in [4.69, 9.17) is 23.7 Å². The molecule has 0 heterocycles. The van der Waals surface area contributed by atoms with Crippen LogP contribution in [-0.2, 0) is 16.0 Å². The van der Waals surface area contributed by atoms with Crippen molar-refractivity contribution in [1.29, 1.82) is 0 Å². The normalized spacial score (nSPS) is 15.0. The Bertz CT molecular complexity index is 670. The Morgan fingerprint density at radius 2 is 1.34 bits per heavy atom. The number of carbonyl (C=O) groups excluding carboxylic acids is 1. The summed E-state index contributed by atoms with van der Waals surface area (Å²) in [4.78, 5) is 10.7. The third-order valence-electron chi connectivity index (χ3n) is 5.68. The molecular weight excluding hydrogens is 372 g/mol. The minimum Gasteiger partial charge on any atom is -0.492 e. The molecule has 0 amide bonds. The van der Waals surface area contributed by atoms with Crippen LogP contribution in [0.4, 0.5) is 0 Å². The van der Waals surface area contributed by atoms with E-state index in [1.54, 1.807) is 28.4 Å². The van der Waals surface area contributed by atoms with Gasteiger partial charge in [-0.1, -0.05) is 32.1 Å². The molecule has 0 fully saturated rings. The van der Waals surface area contributed by atoms with E-state index < -0.39 is 0 Å². The van der Waals surface area contributed by atoms with Gasteiger partial charge in [-0.2, -0.15) is 0 Å². The van der Waals surface area contributed by atoms with Crippen molar-refractivity contribution in [3.05, 3.63) is 11.1 Å². The summed E-state index contributed by atoms with van der Waals surface area (Å²) in [5, 5.41) is 0. The molecule has 1 aromatic rings. The van der Waals surface area contributed by atoms with Crippen LogP contribution >= 0.6 is 0 Å². The first-order valence-electron chi connectivity index (χ1n) is 10.6. The molecule has 0 aromatic heterocycles. The number of methoxy groups -OCH3 is 4. The van der Waals surface area contributed by atoms with Crippen molar-refractivity contribution in [2.75, 3.05) is 35.0 Å². The molecule has 0 bridgehead atoms. The average Bonchev–Trinajstić information content (AvgIpc) is 3.13. The molecule has 6 heteroatoms. The van der Waals surface area contributed by atoms with Crippen molar-refractivity contribution >= 4 is 5.97 Å². The van der Waals surface area contributed by atoms with Gasteiger partial charge in [0, 0.05) is 18.1 Å². The van der Waals surface area contributed by atoms with E-state index in [0.717, 1.165) is 43.6 Å². The van der Waals surface area contributed by atoms with Crippen molar-refractivity contribution in [3.63, 3.8) is 0 Å². The predicted molar refractivity (Wildman–Crippen MR) is 113 cm³/mol. The molecular formula is C23H36O6. The lowest BCUT2D eigenvalue weighted by molar-refractivity contribution is -0.141. The molecule has 0 radical (unpaired) electrons. The molecule has 6 nitrogen and oxygen atoms in total. The van der Waals surface area contributed by atoms with E-state index in [2.05, 4.69) is 0 Å². The van der Waals surface area contributed by atoms with Gasteiger partial charge in [-0.05, 0) is 31.6 Å². The monoisotopic (exact) mass is 408 g/mol. The summed E-state index contributed by atoms with van der Waals surface area (Å²) in [6, 6.07) is 0. The molecule has 0 spiro atoms. The molecule has 164 valence electrons. The van der Waals surface area contributed by atoms with Crippen molar-refractivity contribution in [3.8, 4) is 23.0 Å². The van der Waals surface area contributed by atoms with Gasteiger partial charge in [0.05, 0.1) is 35.0 Å². The molecule has 0 N–H and O–H groups in total. The Morgan fingerprint density at radius 3 is 1.93 bits per heavy atom. The molecule has 1 aromatic carbocycles. The zero-order chi connectivity index (χ0) is 21.2. The lowest BCUT2D eigenvalue weighted by Crippen LogP contribution is -2.05. The highest BCUT2D eigenvalue weighted by Crippen LogP contribution is 2.56. The fraction of sp³-hybridized carbons (Fsp3) is 0.696. The standard InChI is InChI=1S/C23H36O6/c1-16(24)29-15-11-9-7-6-8-10-12-17-13-14-18-19(17)21(26-3)23(28-5)22(27-4)20(18)25-2/h17H,6-15H2,1-5H3. The van der Waals surface area contributed by atoms with Gasteiger partial charge in [0.1, 0.15) is 0 Å². The summed E-state index contributed by atoms with van der Waals surface area (Å²) in [5.74, 6) is 3.05. The number of benzene rings is 1. The molecule has 0 saturated carbocycles. The molecule has 1 atom stereocenters. The highest BCUT2D eigenvalue weighted by atomic mass is 16.5. The second-order valence-electron chi connectivity index (χ2n) is 7.51. The molecule has 0 saturated heterocycles. The maximum atomic E-state index is 10.7. The van der Waals surface area contributed by atoms with E-state index in [9.17, 15) is 4.79 Å². The van der Waals surface area contributed by atoms with E-state index in [-0.39, 0.29) is 5.97 Å². The van der Waals surface area contributed by atoms with Crippen LogP contribution in [0.15, 0.2) is 0 Å². The molecule has 1 aliphatic rings. The second-order valence-corrected chi connectivity index (χ2v) is 7.51. The van der Waals surface area contributed by atoms with Crippen LogP contribution in [-0.4, -0.2) is 41.0 Å². The third-order valence-corrected chi connectivity index (χ3v) is 5.68. The summed E-state index contributed by atoms with van der Waals surface area (Å²) in [6.45, 7) is 2.00. The first kappa shape index (κ1) is 23.2. The van der Waals surface area contributed by atoms with Gasteiger partial charge < -0.3 is 23.7 Å². The van der Waals surface area contributed by atoms with Gasteiger partial charge in [0.15, 0.2) is 11.5 Å². The van der Waals surface area contributed by atoms with Gasteiger partial charge >= 0.3 is 5.97 Å². The van der Waals surface area contributed by atoms with Gasteiger partial charge in [-0.25, -0.2) is 0 Å². The Balaban J connectivity index is 1.92. The zero-order valence-corrected chi connectivity index (χ0v) is 18.6. The predicted octanol–water partition coefficient (Wildman–Crippen LogP) is 5.04. The molecule has 29 heavy (non-hydrogen) atoms. The molecule has 1 unspecified atom stereocenters. The van der Waals surface area contributed by atoms with Crippen LogP contribution in [0.2, 0.25) is 0 Å². The van der Waals surface area contributed by atoms with Crippen LogP contribution in [0.25, 0.3) is 0 Å². The average molecular weight is 409 g/mol. The largest absolute Gasteiger partial charge is 0.492 e. The van der Waals surface area contributed by atoms with Gasteiger partial charge in [0.25, 0.3) is 0 Å². The van der Waals surface area contributed by atoms with Crippen LogP contribution < -0.4 is 18.9 Å². The zero-order valence-electron chi connectivity index (χ0n) is 18.6. The smallest absolute Gasteiger partial charge is 0.302 e. The SMILES string of the molecule is COc1c2c(c(OC)c(OC)c1OC)C(CCCCCCCCOC(C)=O)CC2. The number of esters is 1. The number of carbonyl (C=O) groups is 1. The Morgan fingerprint density at radius 1 is 0.793 bits per heavy atom. The van der Waals surface area contributed by atoms with Gasteiger partial charge in [-0.15, -0.1) is 0 Å². The Kier molecular flexibility index (Phi) is 9.42. The highest BCUT2D eigenvalue weighted by molar-refractivity contribution is 5.69. The number of unbranched alkanes of at least 4 members (excludes halogenated alkanes) is 5. The minimum atomic E-state index is -0.192. The van der Waals surface area contributed by atoms with Crippen molar-refractivity contribution in [2.45, 2.75) is 70.6 Å². The number of fused-ring (bicyclic) bond motifs is 1. The fourth-order valence-electron chi connectivity index (χ4n) is 4.36. The minimum absolute atomic E-state index is 0.192. The summed E-state index contributed by atoms with van der Waals surface area (Å²) in [6.07, 6.45) is 10.1. The van der Waals surface area contributed by atoms with E-state index in [0.29, 0.717) is 24.0 Å². The van der Waals surface area contributed by atoms with Crippen LogP contribution in [0.5, 0.6) is 23.0 Å². The Hall–Kier alpha value is -2.11. The quantitative estimate of drug-likeness (QED) is 0.336. The fourth-order valence-corrected chi connectivity index (χ4v) is 4.36. The topological polar surface area (TPSA) is 63.2 Å². The van der Waals surface area contributed by atoms with Crippen LogP contribution in [0, 0.1) is 0 Å². The maximum absolute atomic E-state index is 10.7. The van der Waals surface area contributed by atoms with E-state index in [1.165, 1.54) is 43.7 Å².